The third-order valence-electron chi connectivity index (χ3n) is 5.07. The molecule has 1 amide bonds. The molecule has 2 N–H and O–H groups in total. The number of rotatable bonds is 5. The van der Waals surface area contributed by atoms with Crippen LogP contribution >= 0.6 is 34.2 Å². The molecule has 5 rings (SSSR count). The molecule has 0 unspecified atom stereocenters. The maximum Gasteiger partial charge on any atom is 0.412 e. The van der Waals surface area contributed by atoms with Gasteiger partial charge in [-0.2, -0.15) is 9.64 Å². The molecule has 1 aliphatic rings. The van der Waals surface area contributed by atoms with Crippen molar-refractivity contribution < 1.29 is 19.4 Å². The van der Waals surface area contributed by atoms with Gasteiger partial charge in [0, 0.05) is 0 Å². The van der Waals surface area contributed by atoms with Gasteiger partial charge in [0.2, 0.25) is 0 Å². The predicted octanol–water partition coefficient (Wildman–Crippen LogP) is 4.35. The smallest absolute Gasteiger partial charge is 0.412 e. The first kappa shape index (κ1) is 22.0. The fourth-order valence-corrected chi connectivity index (χ4v) is 5.87. The Hall–Kier alpha value is -3.84. The molecule has 12 heteroatoms. The standard InChI is InChI=1S/C22H13N5O4S3/c23-10-13-16(25-21(30)31-11-12-4-2-1-3-5-12)14(34-27-13)6-7-15-24-17-18(32-15)26-19(33-17)22(8-9-22)20(28)29/h1-5H,8-9,11H2,(H,25,30)(H,28,29). The normalized spacial score (nSPS) is 13.5. The summed E-state index contributed by atoms with van der Waals surface area (Å²) in [6.07, 6.45) is 0.459. The van der Waals surface area contributed by atoms with Gasteiger partial charge < -0.3 is 9.84 Å². The molecule has 0 radical (unpaired) electrons. The van der Waals surface area contributed by atoms with Crippen molar-refractivity contribution in [3.8, 4) is 17.9 Å². The van der Waals surface area contributed by atoms with Crippen molar-refractivity contribution in [1.29, 1.82) is 5.26 Å². The lowest BCUT2D eigenvalue weighted by atomic mass is 10.1. The second kappa shape index (κ2) is 8.83. The van der Waals surface area contributed by atoms with E-state index in [1.807, 2.05) is 36.4 Å². The van der Waals surface area contributed by atoms with Crippen LogP contribution in [0.25, 0.3) is 9.66 Å². The van der Waals surface area contributed by atoms with Gasteiger partial charge >= 0.3 is 12.1 Å². The Morgan fingerprint density at radius 3 is 2.59 bits per heavy atom. The number of benzene rings is 1. The number of thiazole rings is 2. The average Bonchev–Trinajstić information content (AvgIpc) is 3.23. The van der Waals surface area contributed by atoms with E-state index in [-0.39, 0.29) is 18.0 Å². The zero-order valence-corrected chi connectivity index (χ0v) is 19.6. The lowest BCUT2D eigenvalue weighted by Gasteiger charge is -2.06. The molecule has 0 saturated heterocycles. The molecule has 4 aromatic rings. The highest BCUT2D eigenvalue weighted by Gasteiger charge is 2.54. The number of hydrogen-bond donors (Lipinski definition) is 2. The Morgan fingerprint density at radius 2 is 1.91 bits per heavy atom. The van der Waals surface area contributed by atoms with Crippen LogP contribution < -0.4 is 5.32 Å². The van der Waals surface area contributed by atoms with Gasteiger partial charge in [0.1, 0.15) is 33.7 Å². The van der Waals surface area contributed by atoms with E-state index < -0.39 is 17.5 Å². The number of nitrogens with one attached hydrogen (secondary N) is 1. The van der Waals surface area contributed by atoms with Crippen molar-refractivity contribution >= 4 is 61.6 Å². The molecular formula is C22H13N5O4S3. The Labute approximate surface area is 204 Å². The van der Waals surface area contributed by atoms with Crippen molar-refractivity contribution in [2.24, 2.45) is 0 Å². The minimum Gasteiger partial charge on any atom is -0.481 e. The number of anilines is 1. The van der Waals surface area contributed by atoms with Crippen molar-refractivity contribution in [1.82, 2.24) is 14.3 Å². The minimum absolute atomic E-state index is 0.0424. The maximum atomic E-state index is 12.3. The zero-order valence-electron chi connectivity index (χ0n) is 17.2. The van der Waals surface area contributed by atoms with E-state index in [1.54, 1.807) is 0 Å². The number of nitrogens with zero attached hydrogens (tertiary/aromatic N) is 4. The summed E-state index contributed by atoms with van der Waals surface area (Å²) in [5.74, 6) is 4.97. The van der Waals surface area contributed by atoms with Crippen molar-refractivity contribution in [2.75, 3.05) is 5.32 Å². The van der Waals surface area contributed by atoms with Crippen LogP contribution in [0.2, 0.25) is 0 Å². The van der Waals surface area contributed by atoms with E-state index in [0.29, 0.717) is 37.4 Å². The highest BCUT2D eigenvalue weighted by atomic mass is 32.1. The number of aromatic nitrogens is 3. The van der Waals surface area contributed by atoms with E-state index in [9.17, 15) is 20.0 Å². The number of carboxylic acids is 1. The van der Waals surface area contributed by atoms with Crippen molar-refractivity contribution in [3.05, 3.63) is 56.5 Å². The lowest BCUT2D eigenvalue weighted by molar-refractivity contribution is -0.140. The number of ether oxygens (including phenoxy) is 1. The van der Waals surface area contributed by atoms with Crippen molar-refractivity contribution in [3.63, 3.8) is 0 Å². The number of carbonyl (C=O) groups is 2. The first-order valence-corrected chi connectivity index (χ1v) is 12.3. The molecule has 1 aliphatic carbocycles. The van der Waals surface area contributed by atoms with Gasteiger partial charge in [-0.1, -0.05) is 53.0 Å². The van der Waals surface area contributed by atoms with Crippen LogP contribution in [0.1, 0.15) is 39.0 Å². The molecule has 1 aromatic carbocycles. The van der Waals surface area contributed by atoms with E-state index in [1.165, 1.54) is 22.7 Å². The summed E-state index contributed by atoms with van der Waals surface area (Å²) in [4.78, 5) is 34.4. The zero-order chi connectivity index (χ0) is 23.7. The van der Waals surface area contributed by atoms with Gasteiger partial charge in [0.25, 0.3) is 0 Å². The predicted molar refractivity (Wildman–Crippen MR) is 127 cm³/mol. The first-order valence-electron chi connectivity index (χ1n) is 9.89. The molecule has 168 valence electrons. The van der Waals surface area contributed by atoms with Crippen LogP contribution in [-0.2, 0) is 21.6 Å². The third kappa shape index (κ3) is 4.22. The number of fused-ring (bicyclic) bond motifs is 1. The Kier molecular flexibility index (Phi) is 5.71. The summed E-state index contributed by atoms with van der Waals surface area (Å²) < 4.78 is 9.26. The number of aliphatic carboxylic acids is 1. The third-order valence-corrected chi connectivity index (χ3v) is 7.98. The summed E-state index contributed by atoms with van der Waals surface area (Å²) in [5, 5.41) is 22.4. The van der Waals surface area contributed by atoms with Crippen LogP contribution in [0.15, 0.2) is 30.3 Å². The van der Waals surface area contributed by atoms with E-state index in [2.05, 4.69) is 31.5 Å². The molecule has 9 nitrogen and oxygen atoms in total. The number of carbonyl (C=O) groups excluding carboxylic acids is 1. The van der Waals surface area contributed by atoms with E-state index in [4.69, 9.17) is 4.74 Å². The van der Waals surface area contributed by atoms with Gasteiger partial charge in [0.05, 0.1) is 0 Å². The highest BCUT2D eigenvalue weighted by molar-refractivity contribution is 7.26. The van der Waals surface area contributed by atoms with Gasteiger partial charge in [-0.15, -0.1) is 0 Å². The molecule has 3 heterocycles. The van der Waals surface area contributed by atoms with Crippen molar-refractivity contribution in [2.45, 2.75) is 24.9 Å². The molecule has 1 fully saturated rings. The summed E-state index contributed by atoms with van der Waals surface area (Å²) in [7, 11) is 0. The molecule has 0 aliphatic heterocycles. The van der Waals surface area contributed by atoms with Crippen LogP contribution in [0.5, 0.6) is 0 Å². The topological polar surface area (TPSA) is 138 Å². The summed E-state index contributed by atoms with van der Waals surface area (Å²) in [5.41, 5.74) is 0.205. The van der Waals surface area contributed by atoms with Crippen LogP contribution in [0.4, 0.5) is 10.5 Å². The fourth-order valence-electron chi connectivity index (χ4n) is 3.08. The van der Waals surface area contributed by atoms with Gasteiger partial charge in [-0.3, -0.25) is 10.1 Å². The Morgan fingerprint density at radius 1 is 1.15 bits per heavy atom. The number of amides is 1. The second-order valence-corrected chi connectivity index (χ2v) is 10.0. The Bertz CT molecular complexity index is 1490. The quantitative estimate of drug-likeness (QED) is 0.380. The number of nitriles is 1. The van der Waals surface area contributed by atoms with Crippen LogP contribution in [0.3, 0.4) is 0 Å². The van der Waals surface area contributed by atoms with E-state index >= 15 is 0 Å². The molecule has 1 saturated carbocycles. The van der Waals surface area contributed by atoms with Crippen LogP contribution in [0, 0.1) is 23.2 Å². The fraction of sp³-hybridized carbons (Fsp3) is 0.182. The molecule has 0 spiro atoms. The maximum absolute atomic E-state index is 12.3. The Balaban J connectivity index is 1.32. The summed E-state index contributed by atoms with van der Waals surface area (Å²) in [6.45, 7) is 0.0845. The second-order valence-electron chi connectivity index (χ2n) is 7.32. The van der Waals surface area contributed by atoms with Gasteiger partial charge in [0.15, 0.2) is 20.4 Å². The number of hydrogen-bond acceptors (Lipinski definition) is 10. The monoisotopic (exact) mass is 507 g/mol. The SMILES string of the molecule is N#Cc1nsc(C#Cc2nc3sc(C4(C(=O)O)CC4)nc3s2)c1NC(=O)OCc1ccccc1. The van der Waals surface area contributed by atoms with Crippen LogP contribution in [-0.4, -0.2) is 31.5 Å². The minimum atomic E-state index is -0.858. The molecule has 0 atom stereocenters. The lowest BCUT2D eigenvalue weighted by Crippen LogP contribution is -2.18. The molecule has 3 aromatic heterocycles. The molecule has 0 bridgehead atoms. The van der Waals surface area contributed by atoms with E-state index in [0.717, 1.165) is 17.1 Å². The van der Waals surface area contributed by atoms with Gasteiger partial charge in [-0.05, 0) is 41.8 Å². The summed E-state index contributed by atoms with van der Waals surface area (Å²) in [6, 6.07) is 11.2. The summed E-state index contributed by atoms with van der Waals surface area (Å²) >= 11 is 3.52. The average molecular weight is 508 g/mol. The first-order chi connectivity index (χ1) is 16.5. The molecular weight excluding hydrogens is 494 g/mol. The number of carboxylic acid groups (broad SMARTS) is 1. The largest absolute Gasteiger partial charge is 0.481 e. The van der Waals surface area contributed by atoms with Gasteiger partial charge in [-0.25, -0.2) is 14.8 Å². The highest BCUT2D eigenvalue weighted by Crippen LogP contribution is 2.50. The molecule has 34 heavy (non-hydrogen) atoms.